The number of piperazine rings is 1. The second-order valence-electron chi connectivity index (χ2n) is 7.32. The molecule has 0 aliphatic carbocycles. The number of halogens is 1. The van der Waals surface area contributed by atoms with Crippen molar-refractivity contribution < 1.29 is 13.2 Å². The van der Waals surface area contributed by atoms with Crippen molar-refractivity contribution >= 4 is 34.0 Å². The van der Waals surface area contributed by atoms with Crippen LogP contribution in [0.1, 0.15) is 5.56 Å². The molecule has 1 saturated heterocycles. The minimum Gasteiger partial charge on any atom is -0.497 e. The average Bonchev–Trinajstić information content (AvgIpc) is 3.23. The van der Waals surface area contributed by atoms with Crippen LogP contribution in [0.25, 0.3) is 0 Å². The third-order valence-electron chi connectivity index (χ3n) is 5.25. The van der Waals surface area contributed by atoms with Gasteiger partial charge in [-0.3, -0.25) is 5.01 Å². The van der Waals surface area contributed by atoms with Gasteiger partial charge in [-0.1, -0.05) is 36.0 Å². The van der Waals surface area contributed by atoms with E-state index in [1.165, 1.54) is 11.8 Å². The fourth-order valence-corrected chi connectivity index (χ4v) is 6.59. The van der Waals surface area contributed by atoms with E-state index >= 15 is 0 Å². The lowest BCUT2D eigenvalue weighted by Crippen LogP contribution is -2.50. The molecule has 1 N–H and O–H groups in total. The Morgan fingerprint density at radius 2 is 2.06 bits per heavy atom. The summed E-state index contributed by atoms with van der Waals surface area (Å²) in [6, 6.07) is 7.81. The van der Waals surface area contributed by atoms with Crippen LogP contribution in [0.5, 0.6) is 5.75 Å². The standard InChI is InChI=1S/C22H27N3O3S2.ClH/c1-28-19-8-4-7-18(16-19)6-2-3-15-30(26,27)22-17-20-21(29-22)9-5-12-25(20)24-13-10-23-11-14-24;/h2-5,7-9,12,16-17,22-23H,6,10-11,13-15H2,1H3;1H. The Kier molecular flexibility index (Phi) is 8.30. The molecule has 3 aliphatic rings. The van der Waals surface area contributed by atoms with Crippen molar-refractivity contribution in [2.45, 2.75) is 11.0 Å². The highest BCUT2D eigenvalue weighted by Crippen LogP contribution is 2.43. The Morgan fingerprint density at radius 1 is 1.26 bits per heavy atom. The lowest BCUT2D eigenvalue weighted by molar-refractivity contribution is 0.0441. The van der Waals surface area contributed by atoms with E-state index in [0.29, 0.717) is 6.42 Å². The number of nitrogens with one attached hydrogen (secondary N) is 1. The van der Waals surface area contributed by atoms with Crippen LogP contribution in [0, 0.1) is 0 Å². The molecule has 1 fully saturated rings. The average molecular weight is 482 g/mol. The molecule has 0 bridgehead atoms. The maximum Gasteiger partial charge on any atom is 0.170 e. The van der Waals surface area contributed by atoms with E-state index in [2.05, 4.69) is 15.3 Å². The molecule has 4 rings (SSSR count). The summed E-state index contributed by atoms with van der Waals surface area (Å²) in [6.45, 7) is 3.68. The fourth-order valence-electron chi connectivity index (χ4n) is 3.64. The van der Waals surface area contributed by atoms with Crippen LogP contribution in [-0.2, 0) is 16.3 Å². The first-order valence-corrected chi connectivity index (χ1v) is 12.7. The molecular weight excluding hydrogens is 454 g/mol. The van der Waals surface area contributed by atoms with Gasteiger partial charge in [0.1, 0.15) is 10.3 Å². The number of hydrogen-bond acceptors (Lipinski definition) is 7. The number of allylic oxidation sites excluding steroid dienone is 3. The van der Waals surface area contributed by atoms with Crippen molar-refractivity contribution in [3.05, 3.63) is 77.0 Å². The number of benzene rings is 1. The molecule has 0 amide bonds. The summed E-state index contributed by atoms with van der Waals surface area (Å²) in [4.78, 5) is 1.02. The highest BCUT2D eigenvalue weighted by Gasteiger charge is 2.35. The lowest BCUT2D eigenvalue weighted by Gasteiger charge is -2.38. The summed E-state index contributed by atoms with van der Waals surface area (Å²) in [7, 11) is -1.65. The van der Waals surface area contributed by atoms with Crippen LogP contribution < -0.4 is 10.1 Å². The Hall–Kier alpha value is -1.71. The number of rotatable bonds is 7. The Bertz CT molecular complexity index is 999. The van der Waals surface area contributed by atoms with Gasteiger partial charge >= 0.3 is 0 Å². The van der Waals surface area contributed by atoms with Gasteiger partial charge in [-0.25, -0.2) is 13.4 Å². The Balaban J connectivity index is 0.00000272. The van der Waals surface area contributed by atoms with Gasteiger partial charge in [-0.05, 0) is 42.3 Å². The number of ether oxygens (including phenoxy) is 1. The minimum atomic E-state index is -3.29. The molecule has 6 nitrogen and oxygen atoms in total. The summed E-state index contributed by atoms with van der Waals surface area (Å²) < 4.78 is 30.6. The van der Waals surface area contributed by atoms with Gasteiger partial charge in [0.25, 0.3) is 0 Å². The summed E-state index contributed by atoms with van der Waals surface area (Å²) in [5.41, 5.74) is 2.08. The van der Waals surface area contributed by atoms with Crippen LogP contribution in [0.2, 0.25) is 0 Å². The van der Waals surface area contributed by atoms with Crippen LogP contribution in [0.4, 0.5) is 0 Å². The quantitative estimate of drug-likeness (QED) is 0.600. The molecule has 1 unspecified atom stereocenters. The highest BCUT2D eigenvalue weighted by atomic mass is 35.5. The van der Waals surface area contributed by atoms with Crippen LogP contribution in [0.15, 0.2) is 71.4 Å². The molecule has 0 spiro atoms. The molecule has 1 atom stereocenters. The topological polar surface area (TPSA) is 61.9 Å². The zero-order valence-corrected chi connectivity index (χ0v) is 19.9. The van der Waals surface area contributed by atoms with Crippen molar-refractivity contribution in [1.29, 1.82) is 0 Å². The maximum atomic E-state index is 12.9. The van der Waals surface area contributed by atoms with Crippen LogP contribution in [0.3, 0.4) is 0 Å². The normalized spacial score (nSPS) is 21.5. The van der Waals surface area contributed by atoms with Gasteiger partial charge < -0.3 is 10.1 Å². The monoisotopic (exact) mass is 481 g/mol. The Labute approximate surface area is 195 Å². The van der Waals surface area contributed by atoms with Gasteiger partial charge in [0.15, 0.2) is 9.84 Å². The smallest absolute Gasteiger partial charge is 0.170 e. The molecule has 9 heteroatoms. The summed E-state index contributed by atoms with van der Waals surface area (Å²) >= 11 is 1.42. The molecule has 0 radical (unpaired) electrons. The first kappa shape index (κ1) is 23.9. The van der Waals surface area contributed by atoms with E-state index in [1.807, 2.05) is 54.8 Å². The van der Waals surface area contributed by atoms with Gasteiger partial charge in [0, 0.05) is 37.3 Å². The van der Waals surface area contributed by atoms with Gasteiger partial charge in [0.2, 0.25) is 0 Å². The largest absolute Gasteiger partial charge is 0.497 e. The van der Waals surface area contributed by atoms with Crippen molar-refractivity contribution in [2.75, 3.05) is 39.0 Å². The van der Waals surface area contributed by atoms with Crippen molar-refractivity contribution in [3.8, 4) is 5.75 Å². The number of hydrogen-bond donors (Lipinski definition) is 1. The van der Waals surface area contributed by atoms with Gasteiger partial charge in [-0.15, -0.1) is 12.4 Å². The zero-order chi connectivity index (χ0) is 21.0. The second-order valence-corrected chi connectivity index (χ2v) is 11.0. The van der Waals surface area contributed by atoms with E-state index < -0.39 is 14.4 Å². The van der Waals surface area contributed by atoms with Crippen molar-refractivity contribution in [1.82, 2.24) is 15.3 Å². The second kappa shape index (κ2) is 10.7. The van der Waals surface area contributed by atoms with Crippen molar-refractivity contribution in [3.63, 3.8) is 0 Å². The van der Waals surface area contributed by atoms with Gasteiger partial charge in [-0.2, -0.15) is 0 Å². The minimum absolute atomic E-state index is 0. The molecule has 3 aliphatic heterocycles. The number of thioether (sulfide) groups is 1. The number of fused-ring (bicyclic) bond motifs is 1. The van der Waals surface area contributed by atoms with Gasteiger partial charge in [0.05, 0.1) is 18.6 Å². The summed E-state index contributed by atoms with van der Waals surface area (Å²) in [5, 5.41) is 7.72. The molecule has 31 heavy (non-hydrogen) atoms. The summed E-state index contributed by atoms with van der Waals surface area (Å²) in [5.74, 6) is 0.841. The van der Waals surface area contributed by atoms with E-state index in [1.54, 1.807) is 13.2 Å². The molecule has 1 aromatic carbocycles. The maximum absolute atomic E-state index is 12.9. The SMILES string of the molecule is COc1cccc(CC=CCS(=O)(=O)C2C=C3C(=CC=CN3N3CCNCC3)S2)c1.Cl. The van der Waals surface area contributed by atoms with E-state index in [0.717, 1.165) is 48.1 Å². The fraction of sp³-hybridized carbons (Fsp3) is 0.364. The molecule has 0 saturated carbocycles. The Morgan fingerprint density at radius 3 is 2.84 bits per heavy atom. The predicted molar refractivity (Wildman–Crippen MR) is 130 cm³/mol. The van der Waals surface area contributed by atoms with Crippen LogP contribution in [-0.4, -0.2) is 62.1 Å². The molecule has 1 aromatic rings. The first-order chi connectivity index (χ1) is 14.6. The third kappa shape index (κ3) is 5.75. The number of hydrazine groups is 1. The molecule has 3 heterocycles. The highest BCUT2D eigenvalue weighted by molar-refractivity contribution is 8.16. The first-order valence-electron chi connectivity index (χ1n) is 10.1. The number of methoxy groups -OCH3 is 1. The predicted octanol–water partition coefficient (Wildman–Crippen LogP) is 3.12. The molecule has 0 aromatic heterocycles. The van der Waals surface area contributed by atoms with E-state index in [9.17, 15) is 8.42 Å². The molecular formula is C22H28ClN3O3S2. The van der Waals surface area contributed by atoms with Crippen LogP contribution >= 0.6 is 24.2 Å². The third-order valence-corrected chi connectivity index (χ3v) is 8.88. The van der Waals surface area contributed by atoms with Crippen molar-refractivity contribution in [2.24, 2.45) is 0 Å². The van der Waals surface area contributed by atoms with E-state index in [-0.39, 0.29) is 18.2 Å². The van der Waals surface area contributed by atoms with E-state index in [4.69, 9.17) is 4.74 Å². The zero-order valence-electron chi connectivity index (χ0n) is 17.4. The lowest BCUT2D eigenvalue weighted by atomic mass is 10.1. The number of sulfone groups is 1. The molecule has 168 valence electrons. The summed E-state index contributed by atoms with van der Waals surface area (Å²) in [6.07, 6.45) is 12.3. The number of nitrogens with zero attached hydrogens (tertiary/aromatic N) is 2.